The minimum Gasteiger partial charge on any atom is -0.391 e. The van der Waals surface area contributed by atoms with E-state index < -0.39 is 0 Å². The molecule has 3 heteroatoms. The highest BCUT2D eigenvalue weighted by Gasteiger charge is 2.20. The average Bonchev–Trinajstić information content (AvgIpc) is 2.05. The van der Waals surface area contributed by atoms with Crippen LogP contribution in [-0.4, -0.2) is 31.0 Å². The van der Waals surface area contributed by atoms with Gasteiger partial charge >= 0.3 is 0 Å². The van der Waals surface area contributed by atoms with E-state index in [1.807, 2.05) is 0 Å². The van der Waals surface area contributed by atoms with Crippen molar-refractivity contribution in [3.05, 3.63) is 0 Å². The summed E-state index contributed by atoms with van der Waals surface area (Å²) < 4.78 is 5.19. The van der Waals surface area contributed by atoms with E-state index in [9.17, 15) is 5.11 Å². The Kier molecular flexibility index (Phi) is 3.12. The van der Waals surface area contributed by atoms with Crippen LogP contribution in [0, 0.1) is 5.92 Å². The SMILES string of the molecule is NCC(O)C1CCCOC1. The van der Waals surface area contributed by atoms with Gasteiger partial charge in [0.15, 0.2) is 0 Å². The number of nitrogens with two attached hydrogens (primary N) is 1. The quantitative estimate of drug-likeness (QED) is 0.562. The van der Waals surface area contributed by atoms with Crippen LogP contribution in [0.25, 0.3) is 0 Å². The molecule has 3 N–H and O–H groups in total. The lowest BCUT2D eigenvalue weighted by Gasteiger charge is -2.25. The van der Waals surface area contributed by atoms with Crippen LogP contribution in [0.3, 0.4) is 0 Å². The molecule has 0 saturated carbocycles. The fourth-order valence-electron chi connectivity index (χ4n) is 1.26. The fraction of sp³-hybridized carbons (Fsp3) is 1.00. The van der Waals surface area contributed by atoms with Crippen molar-refractivity contribution in [2.45, 2.75) is 18.9 Å². The van der Waals surface area contributed by atoms with Crippen LogP contribution in [0.15, 0.2) is 0 Å². The van der Waals surface area contributed by atoms with Crippen molar-refractivity contribution in [1.82, 2.24) is 0 Å². The van der Waals surface area contributed by atoms with E-state index in [1.54, 1.807) is 0 Å². The van der Waals surface area contributed by atoms with Crippen molar-refractivity contribution in [1.29, 1.82) is 0 Å². The van der Waals surface area contributed by atoms with Crippen LogP contribution in [0.4, 0.5) is 0 Å². The van der Waals surface area contributed by atoms with Crippen LogP contribution in [0.1, 0.15) is 12.8 Å². The Balaban J connectivity index is 2.24. The van der Waals surface area contributed by atoms with Gasteiger partial charge in [-0.1, -0.05) is 0 Å². The molecule has 0 amide bonds. The van der Waals surface area contributed by atoms with Gasteiger partial charge in [-0.3, -0.25) is 0 Å². The molecule has 3 nitrogen and oxygen atoms in total. The van der Waals surface area contributed by atoms with Gasteiger partial charge < -0.3 is 15.6 Å². The van der Waals surface area contributed by atoms with Crippen LogP contribution in [0.5, 0.6) is 0 Å². The summed E-state index contributed by atoms with van der Waals surface area (Å²) in [6, 6.07) is 0. The summed E-state index contributed by atoms with van der Waals surface area (Å²) in [5.74, 6) is 0.277. The Hall–Kier alpha value is -0.120. The molecular formula is C7H15NO2. The first-order valence-corrected chi connectivity index (χ1v) is 3.80. The number of hydrogen-bond acceptors (Lipinski definition) is 3. The molecule has 1 aliphatic rings. The molecule has 1 fully saturated rings. The lowest BCUT2D eigenvalue weighted by molar-refractivity contribution is -0.00526. The summed E-state index contributed by atoms with van der Waals surface area (Å²) in [6.45, 7) is 1.88. The van der Waals surface area contributed by atoms with Crippen LogP contribution >= 0.6 is 0 Å². The first-order chi connectivity index (χ1) is 4.84. The predicted octanol–water partition coefficient (Wildman–Crippen LogP) is -0.267. The maximum Gasteiger partial charge on any atom is 0.0712 e. The second-order valence-corrected chi connectivity index (χ2v) is 2.78. The van der Waals surface area contributed by atoms with E-state index in [0.717, 1.165) is 19.4 Å². The molecule has 1 heterocycles. The Morgan fingerprint density at radius 2 is 2.50 bits per heavy atom. The first kappa shape index (κ1) is 7.98. The van der Waals surface area contributed by atoms with Crippen molar-refractivity contribution in [2.75, 3.05) is 19.8 Å². The smallest absolute Gasteiger partial charge is 0.0712 e. The zero-order chi connectivity index (χ0) is 7.40. The van der Waals surface area contributed by atoms with Gasteiger partial charge in [-0.25, -0.2) is 0 Å². The van der Waals surface area contributed by atoms with Gasteiger partial charge in [-0.05, 0) is 12.8 Å². The van der Waals surface area contributed by atoms with Crippen LogP contribution < -0.4 is 5.73 Å². The summed E-state index contributed by atoms with van der Waals surface area (Å²) in [7, 11) is 0. The summed E-state index contributed by atoms with van der Waals surface area (Å²) in [4.78, 5) is 0. The van der Waals surface area contributed by atoms with Gasteiger partial charge in [0.05, 0.1) is 12.7 Å². The highest BCUT2D eigenvalue weighted by molar-refractivity contribution is 4.71. The highest BCUT2D eigenvalue weighted by Crippen LogP contribution is 2.16. The molecule has 1 aliphatic heterocycles. The molecule has 1 saturated heterocycles. The molecule has 0 aromatic heterocycles. The third-order valence-corrected chi connectivity index (χ3v) is 1.98. The second kappa shape index (κ2) is 3.91. The Morgan fingerprint density at radius 1 is 1.70 bits per heavy atom. The number of ether oxygens (including phenoxy) is 1. The molecule has 2 atom stereocenters. The summed E-state index contributed by atoms with van der Waals surface area (Å²) in [5.41, 5.74) is 5.30. The molecule has 0 radical (unpaired) electrons. The highest BCUT2D eigenvalue weighted by atomic mass is 16.5. The van der Waals surface area contributed by atoms with Crippen molar-refractivity contribution >= 4 is 0 Å². The third-order valence-electron chi connectivity index (χ3n) is 1.98. The third kappa shape index (κ3) is 1.94. The Bertz CT molecular complexity index is 91.6. The molecular weight excluding hydrogens is 130 g/mol. The molecule has 0 aromatic rings. The minimum absolute atomic E-state index is 0.277. The van der Waals surface area contributed by atoms with Gasteiger partial charge in [-0.15, -0.1) is 0 Å². The summed E-state index contributed by atoms with van der Waals surface area (Å²) in [5, 5.41) is 9.28. The first-order valence-electron chi connectivity index (χ1n) is 3.80. The van der Waals surface area contributed by atoms with E-state index in [0.29, 0.717) is 13.2 Å². The molecule has 10 heavy (non-hydrogen) atoms. The van der Waals surface area contributed by atoms with Gasteiger partial charge in [0.2, 0.25) is 0 Å². The van der Waals surface area contributed by atoms with E-state index >= 15 is 0 Å². The monoisotopic (exact) mass is 145 g/mol. The van der Waals surface area contributed by atoms with Gasteiger partial charge in [-0.2, -0.15) is 0 Å². The van der Waals surface area contributed by atoms with E-state index in [4.69, 9.17) is 10.5 Å². The number of hydrogen-bond donors (Lipinski definition) is 2. The average molecular weight is 145 g/mol. The standard InChI is InChI=1S/C7H15NO2/c8-4-7(9)6-2-1-3-10-5-6/h6-7,9H,1-5,8H2. The molecule has 0 aromatic carbocycles. The minimum atomic E-state index is -0.361. The van der Waals surface area contributed by atoms with Crippen LogP contribution in [0.2, 0.25) is 0 Å². The zero-order valence-electron chi connectivity index (χ0n) is 6.12. The normalized spacial score (nSPS) is 30.0. The van der Waals surface area contributed by atoms with Gasteiger partial charge in [0.1, 0.15) is 0 Å². The number of rotatable bonds is 2. The zero-order valence-corrected chi connectivity index (χ0v) is 6.12. The predicted molar refractivity (Wildman–Crippen MR) is 38.6 cm³/mol. The van der Waals surface area contributed by atoms with E-state index in [-0.39, 0.29) is 12.0 Å². The molecule has 1 rings (SSSR count). The lowest BCUT2D eigenvalue weighted by Crippen LogP contribution is -2.34. The van der Waals surface area contributed by atoms with Crippen molar-refractivity contribution in [3.63, 3.8) is 0 Å². The maximum atomic E-state index is 9.28. The Morgan fingerprint density at radius 3 is 3.00 bits per heavy atom. The second-order valence-electron chi connectivity index (χ2n) is 2.78. The summed E-state index contributed by atoms with van der Waals surface area (Å²) in [6.07, 6.45) is 1.75. The molecule has 0 bridgehead atoms. The van der Waals surface area contributed by atoms with E-state index in [2.05, 4.69) is 0 Å². The van der Waals surface area contributed by atoms with Gasteiger partial charge in [0.25, 0.3) is 0 Å². The van der Waals surface area contributed by atoms with Crippen LogP contribution in [-0.2, 0) is 4.74 Å². The number of aliphatic hydroxyl groups is 1. The molecule has 60 valence electrons. The fourth-order valence-corrected chi connectivity index (χ4v) is 1.26. The molecule has 0 spiro atoms. The van der Waals surface area contributed by atoms with Crippen molar-refractivity contribution in [3.8, 4) is 0 Å². The lowest BCUT2D eigenvalue weighted by atomic mass is 9.96. The Labute approximate surface area is 61.2 Å². The van der Waals surface area contributed by atoms with Gasteiger partial charge in [0, 0.05) is 19.1 Å². The number of aliphatic hydroxyl groups excluding tert-OH is 1. The molecule has 0 aliphatic carbocycles. The summed E-state index contributed by atoms with van der Waals surface area (Å²) >= 11 is 0. The molecule has 2 unspecified atom stereocenters. The largest absolute Gasteiger partial charge is 0.391 e. The van der Waals surface area contributed by atoms with E-state index in [1.165, 1.54) is 0 Å². The van der Waals surface area contributed by atoms with Crippen molar-refractivity contribution in [2.24, 2.45) is 11.7 Å². The topological polar surface area (TPSA) is 55.5 Å². The maximum absolute atomic E-state index is 9.28. The van der Waals surface area contributed by atoms with Crippen molar-refractivity contribution < 1.29 is 9.84 Å².